The second-order valence-corrected chi connectivity index (χ2v) is 3.07. The van der Waals surface area contributed by atoms with Crippen LogP contribution in [-0.2, 0) is 28.6 Å². The zero-order chi connectivity index (χ0) is 13.4. The van der Waals surface area contributed by atoms with E-state index < -0.39 is 24.0 Å². The van der Waals surface area contributed by atoms with Crippen molar-refractivity contribution in [1.82, 2.24) is 0 Å². The summed E-state index contributed by atoms with van der Waals surface area (Å²) in [6.07, 6.45) is -1.70. The Morgan fingerprint density at radius 2 is 1.47 bits per heavy atom. The van der Waals surface area contributed by atoms with Crippen LogP contribution < -0.4 is 0 Å². The molecule has 0 aromatic rings. The Morgan fingerprint density at radius 1 is 1.06 bits per heavy atom. The van der Waals surface area contributed by atoms with Gasteiger partial charge in [0.05, 0.1) is 13.2 Å². The van der Waals surface area contributed by atoms with Gasteiger partial charge in [-0.1, -0.05) is 6.58 Å². The van der Waals surface area contributed by atoms with E-state index in [-0.39, 0.29) is 18.8 Å². The minimum atomic E-state index is -1.70. The minimum absolute atomic E-state index is 0.0688. The molecule has 0 rings (SSSR count). The van der Waals surface area contributed by atoms with E-state index in [1.54, 1.807) is 13.8 Å². The second-order valence-electron chi connectivity index (χ2n) is 3.07. The summed E-state index contributed by atoms with van der Waals surface area (Å²) in [6.45, 7) is 8.02. The SMILES string of the molecule is C=C(C)C(=O)OC(C(=O)OCC)C(=O)OCC. The third-order valence-electron chi connectivity index (χ3n) is 1.57. The summed E-state index contributed by atoms with van der Waals surface area (Å²) in [5, 5.41) is 0. The molecule has 0 unspecified atom stereocenters. The molecule has 17 heavy (non-hydrogen) atoms. The first-order chi connectivity index (χ1) is 7.93. The molecule has 0 aliphatic heterocycles. The molecule has 0 heterocycles. The van der Waals surface area contributed by atoms with Gasteiger partial charge in [0.15, 0.2) is 0 Å². The predicted molar refractivity (Wildman–Crippen MR) is 58.0 cm³/mol. The molecule has 0 spiro atoms. The number of hydrogen-bond donors (Lipinski definition) is 0. The highest BCUT2D eigenvalue weighted by molar-refractivity contribution is 6.01. The van der Waals surface area contributed by atoms with Gasteiger partial charge in [0.2, 0.25) is 0 Å². The maximum atomic E-state index is 11.4. The molecule has 0 aromatic heterocycles. The van der Waals surface area contributed by atoms with Crippen molar-refractivity contribution in [2.24, 2.45) is 0 Å². The Bertz CT molecular complexity index is 302. The van der Waals surface area contributed by atoms with Gasteiger partial charge >= 0.3 is 17.9 Å². The van der Waals surface area contributed by atoms with E-state index in [1.165, 1.54) is 6.92 Å². The summed E-state index contributed by atoms with van der Waals surface area (Å²) in [5.41, 5.74) is 0.0728. The molecule has 0 aromatic carbocycles. The summed E-state index contributed by atoms with van der Waals surface area (Å²) in [5.74, 6) is -2.77. The number of rotatable bonds is 6. The van der Waals surface area contributed by atoms with Crippen LogP contribution in [0.5, 0.6) is 0 Å². The second kappa shape index (κ2) is 7.43. The molecule has 0 N–H and O–H groups in total. The number of carbonyl (C=O) groups is 3. The van der Waals surface area contributed by atoms with Gasteiger partial charge < -0.3 is 14.2 Å². The van der Waals surface area contributed by atoms with Gasteiger partial charge in [-0.15, -0.1) is 0 Å². The van der Waals surface area contributed by atoms with E-state index >= 15 is 0 Å². The van der Waals surface area contributed by atoms with E-state index in [0.717, 1.165) is 0 Å². The van der Waals surface area contributed by atoms with E-state index in [1.807, 2.05) is 0 Å². The van der Waals surface area contributed by atoms with E-state index in [4.69, 9.17) is 0 Å². The smallest absolute Gasteiger partial charge is 0.359 e. The van der Waals surface area contributed by atoms with Gasteiger partial charge in [0, 0.05) is 5.57 Å². The Labute approximate surface area is 99.5 Å². The van der Waals surface area contributed by atoms with E-state index in [0.29, 0.717) is 0 Å². The van der Waals surface area contributed by atoms with Crippen molar-refractivity contribution < 1.29 is 28.6 Å². The molecular formula is C11H16O6. The fourth-order valence-corrected chi connectivity index (χ4v) is 0.836. The molecule has 0 aliphatic carbocycles. The van der Waals surface area contributed by atoms with E-state index in [9.17, 15) is 14.4 Å². The summed E-state index contributed by atoms with van der Waals surface area (Å²) in [6, 6.07) is 0. The highest BCUT2D eigenvalue weighted by atomic mass is 16.6. The van der Waals surface area contributed by atoms with Crippen molar-refractivity contribution in [2.45, 2.75) is 26.9 Å². The van der Waals surface area contributed by atoms with Crippen molar-refractivity contribution in [3.8, 4) is 0 Å². The van der Waals surface area contributed by atoms with Crippen LogP contribution in [0.15, 0.2) is 12.2 Å². The highest BCUT2D eigenvalue weighted by Gasteiger charge is 2.33. The van der Waals surface area contributed by atoms with E-state index in [2.05, 4.69) is 20.8 Å². The van der Waals surface area contributed by atoms with Gasteiger partial charge in [0.25, 0.3) is 6.10 Å². The van der Waals surface area contributed by atoms with Crippen molar-refractivity contribution in [3.63, 3.8) is 0 Å². The predicted octanol–water partition coefficient (Wildman–Crippen LogP) is 0.600. The third kappa shape index (κ3) is 5.14. The van der Waals surface area contributed by atoms with Crippen molar-refractivity contribution >= 4 is 17.9 Å². The lowest BCUT2D eigenvalue weighted by Gasteiger charge is -2.14. The van der Waals surface area contributed by atoms with Crippen LogP contribution in [0, 0.1) is 0 Å². The largest absolute Gasteiger partial charge is 0.463 e. The molecule has 6 nitrogen and oxygen atoms in total. The van der Waals surface area contributed by atoms with Gasteiger partial charge in [0.1, 0.15) is 0 Å². The van der Waals surface area contributed by atoms with Gasteiger partial charge in [-0.3, -0.25) is 0 Å². The van der Waals surface area contributed by atoms with Crippen LogP contribution in [0.3, 0.4) is 0 Å². The first kappa shape index (κ1) is 15.2. The zero-order valence-corrected chi connectivity index (χ0v) is 10.1. The molecule has 0 saturated heterocycles. The average molecular weight is 244 g/mol. The summed E-state index contributed by atoms with van der Waals surface area (Å²) in [7, 11) is 0. The Balaban J connectivity index is 4.72. The van der Waals surface area contributed by atoms with Crippen LogP contribution in [0.1, 0.15) is 20.8 Å². The van der Waals surface area contributed by atoms with Gasteiger partial charge in [-0.05, 0) is 20.8 Å². The number of esters is 3. The molecule has 0 saturated carbocycles. The molecule has 6 heteroatoms. The number of hydrogen-bond acceptors (Lipinski definition) is 6. The van der Waals surface area contributed by atoms with Gasteiger partial charge in [-0.2, -0.15) is 0 Å². The maximum absolute atomic E-state index is 11.4. The van der Waals surface area contributed by atoms with Crippen molar-refractivity contribution in [3.05, 3.63) is 12.2 Å². The molecule has 96 valence electrons. The first-order valence-electron chi connectivity index (χ1n) is 5.13. The first-order valence-corrected chi connectivity index (χ1v) is 5.13. The van der Waals surface area contributed by atoms with Crippen LogP contribution >= 0.6 is 0 Å². The van der Waals surface area contributed by atoms with Crippen molar-refractivity contribution in [2.75, 3.05) is 13.2 Å². The monoisotopic (exact) mass is 244 g/mol. The van der Waals surface area contributed by atoms with Gasteiger partial charge in [-0.25, -0.2) is 14.4 Å². The third-order valence-corrected chi connectivity index (χ3v) is 1.57. The lowest BCUT2D eigenvalue weighted by molar-refractivity contribution is -0.178. The fraction of sp³-hybridized carbons (Fsp3) is 0.545. The summed E-state index contributed by atoms with van der Waals surface area (Å²) < 4.78 is 13.9. The molecule has 0 amide bonds. The average Bonchev–Trinajstić information content (AvgIpc) is 2.25. The highest BCUT2D eigenvalue weighted by Crippen LogP contribution is 2.04. The number of ether oxygens (including phenoxy) is 3. The van der Waals surface area contributed by atoms with Crippen LogP contribution in [0.2, 0.25) is 0 Å². The fourth-order valence-electron chi connectivity index (χ4n) is 0.836. The number of carbonyl (C=O) groups excluding carboxylic acids is 3. The zero-order valence-electron chi connectivity index (χ0n) is 10.1. The minimum Gasteiger partial charge on any atom is -0.463 e. The Hall–Kier alpha value is -1.85. The molecule has 0 radical (unpaired) electrons. The maximum Gasteiger partial charge on any atom is 0.359 e. The molecule has 0 atom stereocenters. The van der Waals surface area contributed by atoms with Crippen molar-refractivity contribution in [1.29, 1.82) is 0 Å². The Morgan fingerprint density at radius 3 is 1.76 bits per heavy atom. The van der Waals surface area contributed by atoms with Crippen LogP contribution in [0.4, 0.5) is 0 Å². The molecular weight excluding hydrogens is 228 g/mol. The summed E-state index contributed by atoms with van der Waals surface area (Å²) >= 11 is 0. The molecule has 0 bridgehead atoms. The lowest BCUT2D eigenvalue weighted by atomic mass is 10.3. The quantitative estimate of drug-likeness (QED) is 0.294. The standard InChI is InChI=1S/C11H16O6/c1-5-15-10(13)8(11(14)16-6-2)17-9(12)7(3)4/h8H,3,5-6H2,1-2,4H3. The van der Waals surface area contributed by atoms with Crippen LogP contribution in [-0.4, -0.2) is 37.2 Å². The van der Waals surface area contributed by atoms with Crippen LogP contribution in [0.25, 0.3) is 0 Å². The Kier molecular flexibility index (Phi) is 6.62. The molecule has 0 fully saturated rings. The molecule has 0 aliphatic rings. The summed E-state index contributed by atoms with van der Waals surface area (Å²) in [4.78, 5) is 34.0. The topological polar surface area (TPSA) is 78.9 Å². The normalized spacial score (nSPS) is 9.65. The lowest BCUT2D eigenvalue weighted by Crippen LogP contribution is -2.38.